The van der Waals surface area contributed by atoms with Crippen LogP contribution in [0.2, 0.25) is 0 Å². The van der Waals surface area contributed by atoms with E-state index in [1.54, 1.807) is 15.4 Å². The normalized spacial score (nSPS) is 20.0. The molecule has 2 fully saturated rings. The Kier molecular flexibility index (Phi) is 3.87. The summed E-state index contributed by atoms with van der Waals surface area (Å²) in [6.45, 7) is 6.88. The van der Waals surface area contributed by atoms with E-state index in [1.807, 2.05) is 39.1 Å². The van der Waals surface area contributed by atoms with Crippen molar-refractivity contribution in [2.75, 3.05) is 6.54 Å². The van der Waals surface area contributed by atoms with Gasteiger partial charge in [0.15, 0.2) is 5.65 Å². The van der Waals surface area contributed by atoms with Gasteiger partial charge in [-0.05, 0) is 76.3 Å². The number of hydrogen-bond acceptors (Lipinski definition) is 6. The molecule has 4 aromatic rings. The van der Waals surface area contributed by atoms with Crippen LogP contribution in [0.4, 0.5) is 0 Å². The first kappa shape index (κ1) is 18.6. The van der Waals surface area contributed by atoms with Gasteiger partial charge in [0.1, 0.15) is 5.69 Å². The number of aryl methyl sites for hydroxylation is 3. The number of pyridine rings is 1. The standard InChI is InChI=1S/C23H25N7O/c1-13-8-17(18-9-14(2)21-26-15(3)12-29(21)28-18)27-19-11-25-30(22(31)20(13)19)16-4-7-24-23(10-16)5-6-23/h8-9,11-12,16,24H,4-7,10H2,1-3H3. The molecule has 1 unspecified atom stereocenters. The summed E-state index contributed by atoms with van der Waals surface area (Å²) in [7, 11) is 0. The molecule has 1 saturated heterocycles. The molecule has 1 atom stereocenters. The van der Waals surface area contributed by atoms with Crippen molar-refractivity contribution in [3.8, 4) is 11.4 Å². The van der Waals surface area contributed by atoms with E-state index in [0.29, 0.717) is 10.9 Å². The van der Waals surface area contributed by atoms with Crippen LogP contribution in [0.1, 0.15) is 48.5 Å². The third-order valence-corrected chi connectivity index (χ3v) is 6.77. The summed E-state index contributed by atoms with van der Waals surface area (Å²) in [5.74, 6) is 0. The molecule has 1 N–H and O–H groups in total. The lowest BCUT2D eigenvalue weighted by molar-refractivity contribution is 0.264. The highest BCUT2D eigenvalue weighted by Crippen LogP contribution is 2.45. The van der Waals surface area contributed by atoms with Gasteiger partial charge in [-0.1, -0.05) is 0 Å². The van der Waals surface area contributed by atoms with Crippen molar-refractivity contribution in [1.29, 1.82) is 0 Å². The summed E-state index contributed by atoms with van der Waals surface area (Å²) in [5.41, 5.74) is 6.01. The maximum atomic E-state index is 13.4. The molecule has 1 aliphatic carbocycles. The summed E-state index contributed by atoms with van der Waals surface area (Å²) >= 11 is 0. The Morgan fingerprint density at radius 1 is 1.10 bits per heavy atom. The fourth-order valence-electron chi connectivity index (χ4n) is 4.98. The first-order chi connectivity index (χ1) is 14.9. The molecule has 0 aromatic carbocycles. The lowest BCUT2D eigenvalue weighted by Gasteiger charge is -2.31. The average Bonchev–Trinajstić information content (AvgIpc) is 3.35. The van der Waals surface area contributed by atoms with Crippen LogP contribution in [0.25, 0.3) is 27.9 Å². The summed E-state index contributed by atoms with van der Waals surface area (Å²) in [6, 6.07) is 4.10. The molecule has 4 aromatic heterocycles. The van der Waals surface area contributed by atoms with Crippen molar-refractivity contribution in [2.24, 2.45) is 0 Å². The van der Waals surface area contributed by atoms with Gasteiger partial charge in [-0.3, -0.25) is 4.79 Å². The number of imidazole rings is 1. The van der Waals surface area contributed by atoms with Crippen LogP contribution < -0.4 is 10.9 Å². The maximum Gasteiger partial charge on any atom is 0.276 e. The van der Waals surface area contributed by atoms with Gasteiger partial charge >= 0.3 is 0 Å². The van der Waals surface area contributed by atoms with E-state index in [9.17, 15) is 4.79 Å². The first-order valence-corrected chi connectivity index (χ1v) is 10.9. The predicted octanol–water partition coefficient (Wildman–Crippen LogP) is 2.88. The van der Waals surface area contributed by atoms with Gasteiger partial charge in [-0.15, -0.1) is 0 Å². The van der Waals surface area contributed by atoms with Crippen LogP contribution >= 0.6 is 0 Å². The molecular weight excluding hydrogens is 390 g/mol. The largest absolute Gasteiger partial charge is 0.311 e. The average molecular weight is 416 g/mol. The molecule has 8 nitrogen and oxygen atoms in total. The maximum absolute atomic E-state index is 13.4. The smallest absolute Gasteiger partial charge is 0.276 e. The van der Waals surface area contributed by atoms with Crippen LogP contribution in [0.3, 0.4) is 0 Å². The van der Waals surface area contributed by atoms with Crippen LogP contribution in [-0.4, -0.2) is 41.4 Å². The molecule has 6 rings (SSSR count). The molecule has 0 radical (unpaired) electrons. The van der Waals surface area contributed by atoms with Gasteiger partial charge in [0.25, 0.3) is 5.56 Å². The van der Waals surface area contributed by atoms with E-state index < -0.39 is 0 Å². The topological polar surface area (TPSA) is 90.0 Å². The minimum absolute atomic E-state index is 0.0402. The molecule has 1 aliphatic heterocycles. The summed E-state index contributed by atoms with van der Waals surface area (Å²) < 4.78 is 3.49. The molecule has 158 valence electrons. The molecule has 8 heteroatoms. The summed E-state index contributed by atoms with van der Waals surface area (Å²) in [4.78, 5) is 22.7. The van der Waals surface area contributed by atoms with Crippen molar-refractivity contribution >= 4 is 16.6 Å². The SMILES string of the molecule is Cc1cn2nc(-c3cc(C)c4c(=O)n(C5CCNC6(CC6)C5)ncc4n3)cc(C)c2n1. The Morgan fingerprint density at radius 2 is 1.90 bits per heavy atom. The van der Waals surface area contributed by atoms with Gasteiger partial charge in [-0.25, -0.2) is 19.2 Å². The van der Waals surface area contributed by atoms with Crippen molar-refractivity contribution in [3.63, 3.8) is 0 Å². The number of rotatable bonds is 2. The van der Waals surface area contributed by atoms with E-state index >= 15 is 0 Å². The summed E-state index contributed by atoms with van der Waals surface area (Å²) in [6.07, 6.45) is 7.95. The quantitative estimate of drug-likeness (QED) is 0.541. The Morgan fingerprint density at radius 3 is 2.71 bits per heavy atom. The third-order valence-electron chi connectivity index (χ3n) is 6.77. The fraction of sp³-hybridized carbons (Fsp3) is 0.435. The first-order valence-electron chi connectivity index (χ1n) is 10.9. The number of nitrogens with zero attached hydrogens (tertiary/aromatic N) is 6. The van der Waals surface area contributed by atoms with Crippen LogP contribution in [0.15, 0.2) is 29.3 Å². The van der Waals surface area contributed by atoms with Crippen molar-refractivity contribution in [1.82, 2.24) is 34.7 Å². The van der Waals surface area contributed by atoms with Gasteiger partial charge in [0.2, 0.25) is 0 Å². The minimum Gasteiger partial charge on any atom is -0.311 e. The molecule has 1 saturated carbocycles. The molecule has 2 aliphatic rings. The Bertz CT molecular complexity index is 1410. The fourth-order valence-corrected chi connectivity index (χ4v) is 4.98. The molecule has 5 heterocycles. The van der Waals surface area contributed by atoms with Gasteiger partial charge in [0, 0.05) is 5.54 Å². The molecule has 31 heavy (non-hydrogen) atoms. The van der Waals surface area contributed by atoms with E-state index in [1.165, 1.54) is 12.8 Å². The molecule has 0 amide bonds. The van der Waals surface area contributed by atoms with E-state index in [2.05, 4.69) is 15.4 Å². The Labute approximate surface area is 179 Å². The molecule has 0 bridgehead atoms. The van der Waals surface area contributed by atoms with E-state index in [4.69, 9.17) is 10.1 Å². The minimum atomic E-state index is -0.0402. The second-order valence-corrected chi connectivity index (χ2v) is 9.20. The molecule has 1 spiro atoms. The Balaban J connectivity index is 1.45. The van der Waals surface area contributed by atoms with Gasteiger partial charge in [0.05, 0.1) is 40.7 Å². The zero-order chi connectivity index (χ0) is 21.3. The van der Waals surface area contributed by atoms with Crippen molar-refractivity contribution in [3.05, 3.63) is 51.7 Å². The molecular formula is C23H25N7O. The lowest BCUT2D eigenvalue weighted by atomic mass is 9.97. The second kappa shape index (κ2) is 6.43. The zero-order valence-electron chi connectivity index (χ0n) is 18.0. The second-order valence-electron chi connectivity index (χ2n) is 9.20. The number of nitrogens with one attached hydrogen (secondary N) is 1. The lowest BCUT2D eigenvalue weighted by Crippen LogP contribution is -2.43. The van der Waals surface area contributed by atoms with Crippen LogP contribution in [0, 0.1) is 20.8 Å². The zero-order valence-corrected chi connectivity index (χ0v) is 18.0. The monoisotopic (exact) mass is 415 g/mol. The number of hydrogen-bond donors (Lipinski definition) is 1. The number of fused-ring (bicyclic) bond motifs is 2. The van der Waals surface area contributed by atoms with Crippen molar-refractivity contribution < 1.29 is 0 Å². The highest BCUT2D eigenvalue weighted by molar-refractivity contribution is 5.83. The highest BCUT2D eigenvalue weighted by Gasteiger charge is 2.46. The number of piperidine rings is 1. The summed E-state index contributed by atoms with van der Waals surface area (Å²) in [5, 5.41) is 13.5. The van der Waals surface area contributed by atoms with Crippen molar-refractivity contribution in [2.45, 2.75) is 58.0 Å². The van der Waals surface area contributed by atoms with Crippen LogP contribution in [0.5, 0.6) is 0 Å². The third kappa shape index (κ3) is 2.96. The van der Waals surface area contributed by atoms with Gasteiger partial charge < -0.3 is 5.32 Å². The van der Waals surface area contributed by atoms with E-state index in [0.717, 1.165) is 53.2 Å². The Hall–Kier alpha value is -3.13. The van der Waals surface area contributed by atoms with E-state index in [-0.39, 0.29) is 17.1 Å². The number of aromatic nitrogens is 6. The van der Waals surface area contributed by atoms with Crippen LogP contribution in [-0.2, 0) is 0 Å². The highest BCUT2D eigenvalue weighted by atomic mass is 16.1. The predicted molar refractivity (Wildman–Crippen MR) is 118 cm³/mol. The van der Waals surface area contributed by atoms with Gasteiger partial charge in [-0.2, -0.15) is 10.2 Å².